The van der Waals surface area contributed by atoms with Crippen molar-refractivity contribution in [2.45, 2.75) is 19.9 Å². The maximum atomic E-state index is 13.7. The van der Waals surface area contributed by atoms with Gasteiger partial charge in [-0.05, 0) is 37.6 Å². The third-order valence-electron chi connectivity index (χ3n) is 3.44. The smallest absolute Gasteiger partial charge is 0.169 e. The van der Waals surface area contributed by atoms with Gasteiger partial charge in [-0.3, -0.25) is 5.84 Å². The van der Waals surface area contributed by atoms with Crippen LogP contribution in [0.3, 0.4) is 0 Å². The average molecular weight is 290 g/mol. The first-order chi connectivity index (χ1) is 9.60. The molecule has 3 N–H and O–H groups in total. The van der Waals surface area contributed by atoms with Crippen molar-refractivity contribution in [1.82, 2.24) is 5.43 Å². The number of fused-ring (bicyclic) bond motifs is 1. The number of hydrazine groups is 1. The fourth-order valence-electron chi connectivity index (χ4n) is 2.24. The lowest BCUT2D eigenvalue weighted by Crippen LogP contribution is -2.27. The van der Waals surface area contributed by atoms with E-state index in [4.69, 9.17) is 10.3 Å². The molecule has 20 heavy (non-hydrogen) atoms. The van der Waals surface area contributed by atoms with E-state index in [1.54, 1.807) is 17.4 Å². The molecule has 0 spiro atoms. The van der Waals surface area contributed by atoms with E-state index in [1.165, 1.54) is 16.5 Å². The molecule has 3 nitrogen and oxygen atoms in total. The lowest BCUT2D eigenvalue weighted by molar-refractivity contribution is 0.468. The largest absolute Gasteiger partial charge is 0.456 e. The highest BCUT2D eigenvalue weighted by Crippen LogP contribution is 2.33. The van der Waals surface area contributed by atoms with Crippen molar-refractivity contribution in [3.63, 3.8) is 0 Å². The fourth-order valence-corrected chi connectivity index (χ4v) is 3.35. The predicted octanol–water partition coefficient (Wildman–Crippen LogP) is 3.80. The maximum Gasteiger partial charge on any atom is 0.169 e. The Kier molecular flexibility index (Phi) is 3.33. The number of hydrogen-bond acceptors (Lipinski definition) is 4. The molecule has 0 fully saturated rings. The van der Waals surface area contributed by atoms with Crippen molar-refractivity contribution in [1.29, 1.82) is 0 Å². The topological polar surface area (TPSA) is 51.2 Å². The van der Waals surface area contributed by atoms with Crippen molar-refractivity contribution >= 4 is 22.3 Å². The lowest BCUT2D eigenvalue weighted by Gasteiger charge is -2.10. The van der Waals surface area contributed by atoms with Crippen molar-refractivity contribution in [2.75, 3.05) is 0 Å². The van der Waals surface area contributed by atoms with Crippen molar-refractivity contribution in [3.05, 3.63) is 57.2 Å². The number of benzene rings is 1. The molecule has 0 radical (unpaired) electrons. The molecule has 0 saturated carbocycles. The summed E-state index contributed by atoms with van der Waals surface area (Å²) in [6.07, 6.45) is 0. The number of nitrogens with two attached hydrogens (primary N) is 1. The van der Waals surface area contributed by atoms with E-state index in [1.807, 2.05) is 12.1 Å². The van der Waals surface area contributed by atoms with Gasteiger partial charge in [0.05, 0.1) is 0 Å². The Bertz CT molecular complexity index is 743. The molecule has 1 unspecified atom stereocenters. The molecule has 1 aromatic carbocycles. The van der Waals surface area contributed by atoms with E-state index in [-0.39, 0.29) is 17.4 Å². The molecule has 0 aliphatic heterocycles. The second-order valence-corrected chi connectivity index (χ2v) is 6.08. The number of halogens is 1. The quantitative estimate of drug-likeness (QED) is 0.570. The summed E-state index contributed by atoms with van der Waals surface area (Å²) in [5, 5.41) is 0.741. The van der Waals surface area contributed by atoms with Crippen molar-refractivity contribution in [2.24, 2.45) is 5.84 Å². The second-order valence-electron chi connectivity index (χ2n) is 4.79. The molecule has 3 rings (SSSR count). The van der Waals surface area contributed by atoms with Gasteiger partial charge in [-0.25, -0.2) is 9.82 Å². The first kappa shape index (κ1) is 13.3. The Morgan fingerprint density at radius 3 is 2.70 bits per heavy atom. The number of thiophene rings is 1. The summed E-state index contributed by atoms with van der Waals surface area (Å²) in [5.74, 6) is 5.92. The van der Waals surface area contributed by atoms with Crippen LogP contribution in [0.15, 0.2) is 34.7 Å². The van der Waals surface area contributed by atoms with Crippen LogP contribution in [0.4, 0.5) is 4.39 Å². The number of rotatable bonds is 3. The predicted molar refractivity (Wildman–Crippen MR) is 79.1 cm³/mol. The van der Waals surface area contributed by atoms with Crippen molar-refractivity contribution in [3.8, 4) is 0 Å². The van der Waals surface area contributed by atoms with Crippen LogP contribution in [-0.2, 0) is 0 Å². The summed E-state index contributed by atoms with van der Waals surface area (Å²) in [6.45, 7) is 4.12. The van der Waals surface area contributed by atoms with Gasteiger partial charge in [-0.1, -0.05) is 12.1 Å². The molecule has 0 saturated heterocycles. The van der Waals surface area contributed by atoms with E-state index >= 15 is 0 Å². The van der Waals surface area contributed by atoms with E-state index in [9.17, 15) is 4.39 Å². The lowest BCUT2D eigenvalue weighted by atomic mass is 10.1. The van der Waals surface area contributed by atoms with Crippen molar-refractivity contribution < 1.29 is 8.81 Å². The van der Waals surface area contributed by atoms with E-state index < -0.39 is 0 Å². The van der Waals surface area contributed by atoms with Crippen LogP contribution in [0.2, 0.25) is 0 Å². The van der Waals surface area contributed by atoms with Gasteiger partial charge < -0.3 is 4.42 Å². The minimum Gasteiger partial charge on any atom is -0.456 e. The third kappa shape index (κ3) is 2.14. The van der Waals surface area contributed by atoms with E-state index in [0.29, 0.717) is 5.76 Å². The molecule has 2 aromatic heterocycles. The van der Waals surface area contributed by atoms with Gasteiger partial charge >= 0.3 is 0 Å². The van der Waals surface area contributed by atoms with Crippen LogP contribution < -0.4 is 11.3 Å². The Morgan fingerprint density at radius 1 is 1.30 bits per heavy atom. The maximum absolute atomic E-state index is 13.7. The van der Waals surface area contributed by atoms with Gasteiger partial charge in [0.15, 0.2) is 11.4 Å². The highest BCUT2D eigenvalue weighted by atomic mass is 32.1. The van der Waals surface area contributed by atoms with Crippen LogP contribution >= 0.6 is 11.3 Å². The van der Waals surface area contributed by atoms with Gasteiger partial charge in [0.2, 0.25) is 0 Å². The monoisotopic (exact) mass is 290 g/mol. The van der Waals surface area contributed by atoms with Crippen LogP contribution in [0.1, 0.15) is 27.1 Å². The average Bonchev–Trinajstić information content (AvgIpc) is 2.97. The Hall–Kier alpha value is -1.69. The molecular formula is C15H15FN2OS. The zero-order chi connectivity index (χ0) is 14.3. The summed E-state index contributed by atoms with van der Waals surface area (Å²) in [7, 11) is 0. The SMILES string of the molecule is Cc1cc(C(NN)c2cc3cccc(F)c3o2)sc1C. The van der Waals surface area contributed by atoms with Gasteiger partial charge in [0, 0.05) is 15.1 Å². The normalized spacial score (nSPS) is 13.0. The van der Waals surface area contributed by atoms with Gasteiger partial charge in [0.1, 0.15) is 11.8 Å². The third-order valence-corrected chi connectivity index (χ3v) is 4.65. The summed E-state index contributed by atoms with van der Waals surface area (Å²) in [5.41, 5.74) is 4.24. The highest BCUT2D eigenvalue weighted by molar-refractivity contribution is 7.12. The van der Waals surface area contributed by atoms with Crippen LogP contribution in [0.5, 0.6) is 0 Å². The fraction of sp³-hybridized carbons (Fsp3) is 0.200. The number of hydrogen-bond donors (Lipinski definition) is 2. The van der Waals surface area contributed by atoms with E-state index in [0.717, 1.165) is 10.3 Å². The summed E-state index contributed by atoms with van der Waals surface area (Å²) in [4.78, 5) is 2.30. The second kappa shape index (κ2) is 5.01. The zero-order valence-corrected chi connectivity index (χ0v) is 12.1. The summed E-state index contributed by atoms with van der Waals surface area (Å²) >= 11 is 1.66. The molecule has 5 heteroatoms. The summed E-state index contributed by atoms with van der Waals surface area (Å²) in [6, 6.07) is 8.52. The molecule has 2 heterocycles. The first-order valence-corrected chi connectivity index (χ1v) is 7.13. The number of furan rings is 1. The standard InChI is InChI=1S/C15H15FN2OS/c1-8-6-13(20-9(8)2)14(18-17)12-7-10-4-3-5-11(16)15(10)19-12/h3-7,14,18H,17H2,1-2H3. The first-order valence-electron chi connectivity index (χ1n) is 6.31. The minimum atomic E-state index is -0.358. The Labute approximate surface area is 120 Å². The van der Waals surface area contributed by atoms with Crippen LogP contribution in [-0.4, -0.2) is 0 Å². The molecular weight excluding hydrogens is 275 g/mol. The Balaban J connectivity index is 2.09. The van der Waals surface area contributed by atoms with Gasteiger partial charge in [0.25, 0.3) is 0 Å². The Morgan fingerprint density at radius 2 is 2.10 bits per heavy atom. The molecule has 0 aliphatic rings. The van der Waals surface area contributed by atoms with Crippen LogP contribution in [0, 0.1) is 19.7 Å². The molecule has 0 aliphatic carbocycles. The van der Waals surface area contributed by atoms with Gasteiger partial charge in [-0.15, -0.1) is 11.3 Å². The molecule has 0 bridgehead atoms. The van der Waals surface area contributed by atoms with Gasteiger partial charge in [-0.2, -0.15) is 0 Å². The molecule has 1 atom stereocenters. The molecule has 0 amide bonds. The molecule has 3 aromatic rings. The van der Waals surface area contributed by atoms with E-state index in [2.05, 4.69) is 25.3 Å². The zero-order valence-electron chi connectivity index (χ0n) is 11.2. The van der Waals surface area contributed by atoms with Crippen LogP contribution in [0.25, 0.3) is 11.0 Å². The number of para-hydroxylation sites is 1. The summed E-state index contributed by atoms with van der Waals surface area (Å²) < 4.78 is 19.3. The highest BCUT2D eigenvalue weighted by Gasteiger charge is 2.20. The number of aryl methyl sites for hydroxylation is 2. The molecule has 104 valence electrons. The number of nitrogens with one attached hydrogen (secondary N) is 1. The minimum absolute atomic E-state index is 0.265.